The summed E-state index contributed by atoms with van der Waals surface area (Å²) in [7, 11) is 7.41. The number of rotatable bonds is 8. The van der Waals surface area contributed by atoms with E-state index in [4.69, 9.17) is 16.3 Å². The molecule has 0 radical (unpaired) electrons. The summed E-state index contributed by atoms with van der Waals surface area (Å²) >= 11 is 6.09. The Labute approximate surface area is 173 Å². The van der Waals surface area contributed by atoms with Crippen molar-refractivity contribution in [3.8, 4) is 0 Å². The van der Waals surface area contributed by atoms with Crippen LogP contribution in [0.5, 0.6) is 0 Å². The average Bonchev–Trinajstić information content (AvgIpc) is 2.98. The number of guanidine groups is 1. The predicted octanol–water partition coefficient (Wildman–Crippen LogP) is 0.866. The lowest BCUT2D eigenvalue weighted by Crippen LogP contribution is -2.42. The SMILES string of the molecule is CN(C)C(=O)CN=C(NCCCN1CCOCC1)N(C)Cc1cc(Cl)cn1C. The van der Waals surface area contributed by atoms with Crippen molar-refractivity contribution < 1.29 is 9.53 Å². The second kappa shape index (κ2) is 11.3. The van der Waals surface area contributed by atoms with E-state index in [1.165, 1.54) is 0 Å². The monoisotopic (exact) mass is 412 g/mol. The lowest BCUT2D eigenvalue weighted by Gasteiger charge is -2.27. The van der Waals surface area contributed by atoms with Crippen LogP contribution in [-0.2, 0) is 23.1 Å². The zero-order valence-electron chi connectivity index (χ0n) is 17.4. The highest BCUT2D eigenvalue weighted by Crippen LogP contribution is 2.14. The molecule has 1 fully saturated rings. The standard InChI is InChI=1S/C19H33ClN6O2/c1-23(2)18(27)13-22-19(21-6-5-7-26-8-10-28-11-9-26)25(4)15-17-12-16(20)14-24(17)3/h12,14H,5-11,13,15H2,1-4H3,(H,21,22). The summed E-state index contributed by atoms with van der Waals surface area (Å²) in [6.07, 6.45) is 2.89. The highest BCUT2D eigenvalue weighted by molar-refractivity contribution is 6.30. The van der Waals surface area contributed by atoms with Crippen molar-refractivity contribution in [2.45, 2.75) is 13.0 Å². The van der Waals surface area contributed by atoms with E-state index in [9.17, 15) is 4.79 Å². The second-order valence-electron chi connectivity index (χ2n) is 7.28. The molecule has 1 saturated heterocycles. The Kier molecular flexibility index (Phi) is 9.08. The number of ether oxygens (including phenoxy) is 1. The van der Waals surface area contributed by atoms with Crippen LogP contribution in [0.4, 0.5) is 0 Å². The molecule has 0 atom stereocenters. The minimum absolute atomic E-state index is 0.0251. The van der Waals surface area contributed by atoms with Gasteiger partial charge in [-0.1, -0.05) is 11.6 Å². The van der Waals surface area contributed by atoms with E-state index < -0.39 is 0 Å². The molecular weight excluding hydrogens is 380 g/mol. The molecule has 0 bridgehead atoms. The molecule has 158 valence electrons. The minimum Gasteiger partial charge on any atom is -0.379 e. The summed E-state index contributed by atoms with van der Waals surface area (Å²) < 4.78 is 7.39. The lowest BCUT2D eigenvalue weighted by molar-refractivity contribution is -0.127. The number of likely N-dealkylation sites (N-methyl/N-ethyl adjacent to an activating group) is 1. The smallest absolute Gasteiger partial charge is 0.243 e. The van der Waals surface area contributed by atoms with E-state index in [0.29, 0.717) is 11.6 Å². The number of nitrogens with zero attached hydrogens (tertiary/aromatic N) is 5. The van der Waals surface area contributed by atoms with E-state index in [0.717, 1.165) is 57.5 Å². The van der Waals surface area contributed by atoms with Gasteiger partial charge in [0.1, 0.15) is 6.54 Å². The molecule has 1 N–H and O–H groups in total. The number of carbonyl (C=O) groups is 1. The quantitative estimate of drug-likeness (QED) is 0.390. The van der Waals surface area contributed by atoms with Gasteiger partial charge < -0.3 is 24.4 Å². The molecular formula is C19H33ClN6O2. The Morgan fingerprint density at radius 2 is 2.04 bits per heavy atom. The van der Waals surface area contributed by atoms with Crippen molar-refractivity contribution in [3.05, 3.63) is 23.0 Å². The zero-order valence-corrected chi connectivity index (χ0v) is 18.2. The van der Waals surface area contributed by atoms with Gasteiger partial charge in [-0.15, -0.1) is 0 Å². The molecule has 8 nitrogen and oxygen atoms in total. The summed E-state index contributed by atoms with van der Waals surface area (Å²) in [5.74, 6) is 0.692. The summed E-state index contributed by atoms with van der Waals surface area (Å²) in [5, 5.41) is 4.12. The molecule has 9 heteroatoms. The third kappa shape index (κ3) is 7.33. The Bertz CT molecular complexity index is 655. The molecule has 0 unspecified atom stereocenters. The second-order valence-corrected chi connectivity index (χ2v) is 7.72. The largest absolute Gasteiger partial charge is 0.379 e. The summed E-state index contributed by atoms with van der Waals surface area (Å²) in [6, 6.07) is 1.94. The van der Waals surface area contributed by atoms with E-state index in [2.05, 4.69) is 15.2 Å². The van der Waals surface area contributed by atoms with Crippen molar-refractivity contribution in [3.63, 3.8) is 0 Å². The van der Waals surface area contributed by atoms with Crippen LogP contribution in [0.1, 0.15) is 12.1 Å². The number of amides is 1. The van der Waals surface area contributed by atoms with Crippen molar-refractivity contribution in [1.29, 1.82) is 0 Å². The first kappa shape index (κ1) is 22.5. The van der Waals surface area contributed by atoms with E-state index in [-0.39, 0.29) is 12.5 Å². The molecule has 0 aromatic carbocycles. The first-order valence-electron chi connectivity index (χ1n) is 9.67. The molecule has 0 aliphatic carbocycles. The van der Waals surface area contributed by atoms with Crippen molar-refractivity contribution in [2.24, 2.45) is 12.0 Å². The molecule has 1 aromatic rings. The van der Waals surface area contributed by atoms with Crippen molar-refractivity contribution in [2.75, 3.05) is 67.1 Å². The number of hydrogen-bond donors (Lipinski definition) is 1. The first-order chi connectivity index (χ1) is 13.4. The fourth-order valence-corrected chi connectivity index (χ4v) is 3.24. The third-order valence-electron chi connectivity index (χ3n) is 4.74. The van der Waals surface area contributed by atoms with Crippen LogP contribution in [0.2, 0.25) is 5.02 Å². The number of morpholine rings is 1. The van der Waals surface area contributed by atoms with Gasteiger partial charge in [0.05, 0.1) is 24.8 Å². The maximum absolute atomic E-state index is 12.0. The molecule has 0 spiro atoms. The third-order valence-corrected chi connectivity index (χ3v) is 4.94. The first-order valence-corrected chi connectivity index (χ1v) is 10.0. The lowest BCUT2D eigenvalue weighted by atomic mass is 10.3. The molecule has 2 rings (SSSR count). The zero-order chi connectivity index (χ0) is 20.5. The fourth-order valence-electron chi connectivity index (χ4n) is 2.96. The van der Waals surface area contributed by atoms with Gasteiger partial charge in [-0.05, 0) is 19.0 Å². The van der Waals surface area contributed by atoms with E-state index >= 15 is 0 Å². The van der Waals surface area contributed by atoms with E-state index in [1.54, 1.807) is 19.0 Å². The highest BCUT2D eigenvalue weighted by atomic mass is 35.5. The molecule has 1 aliphatic rings. The molecule has 28 heavy (non-hydrogen) atoms. The Hall–Kier alpha value is -1.77. The molecule has 0 saturated carbocycles. The fraction of sp³-hybridized carbons (Fsp3) is 0.684. The van der Waals surface area contributed by atoms with Crippen molar-refractivity contribution in [1.82, 2.24) is 24.6 Å². The highest BCUT2D eigenvalue weighted by Gasteiger charge is 2.13. The summed E-state index contributed by atoms with van der Waals surface area (Å²) in [6.45, 7) is 6.20. The van der Waals surface area contributed by atoms with Crippen LogP contribution in [0.3, 0.4) is 0 Å². The predicted molar refractivity (Wildman–Crippen MR) is 113 cm³/mol. The van der Waals surface area contributed by atoms with Crippen molar-refractivity contribution >= 4 is 23.5 Å². The van der Waals surface area contributed by atoms with Gasteiger partial charge in [-0.25, -0.2) is 4.99 Å². The maximum atomic E-state index is 12.0. The van der Waals surface area contributed by atoms with Gasteiger partial charge in [0, 0.05) is 59.7 Å². The van der Waals surface area contributed by atoms with E-state index in [1.807, 2.05) is 35.8 Å². The molecule has 1 aromatic heterocycles. The molecule has 2 heterocycles. The Morgan fingerprint density at radius 3 is 2.64 bits per heavy atom. The number of nitrogens with one attached hydrogen (secondary N) is 1. The number of aliphatic imine (C=N–C) groups is 1. The van der Waals surface area contributed by atoms with Crippen LogP contribution in [0.25, 0.3) is 0 Å². The summed E-state index contributed by atoms with van der Waals surface area (Å²) in [5.41, 5.74) is 1.08. The Morgan fingerprint density at radius 1 is 1.32 bits per heavy atom. The number of hydrogen-bond acceptors (Lipinski definition) is 4. The average molecular weight is 413 g/mol. The van der Waals surface area contributed by atoms with Crippen LogP contribution in [0.15, 0.2) is 17.3 Å². The maximum Gasteiger partial charge on any atom is 0.243 e. The number of aromatic nitrogens is 1. The number of carbonyl (C=O) groups excluding carboxylic acids is 1. The van der Waals surface area contributed by atoms with Gasteiger partial charge in [0.2, 0.25) is 5.91 Å². The van der Waals surface area contributed by atoms with Crippen LogP contribution in [-0.4, -0.2) is 98.2 Å². The number of aryl methyl sites for hydroxylation is 1. The summed E-state index contributed by atoms with van der Waals surface area (Å²) in [4.78, 5) is 22.5. The van der Waals surface area contributed by atoms with Crippen LogP contribution in [0, 0.1) is 0 Å². The molecule has 1 aliphatic heterocycles. The van der Waals surface area contributed by atoms with Gasteiger partial charge in [0.25, 0.3) is 0 Å². The Balaban J connectivity index is 1.92. The van der Waals surface area contributed by atoms with Gasteiger partial charge in [-0.3, -0.25) is 9.69 Å². The van der Waals surface area contributed by atoms with Gasteiger partial charge in [-0.2, -0.15) is 0 Å². The van der Waals surface area contributed by atoms with Gasteiger partial charge in [0.15, 0.2) is 5.96 Å². The number of halogens is 1. The normalized spacial score (nSPS) is 15.5. The van der Waals surface area contributed by atoms with Crippen LogP contribution >= 0.6 is 11.6 Å². The topological polar surface area (TPSA) is 65.3 Å². The van der Waals surface area contributed by atoms with Gasteiger partial charge >= 0.3 is 0 Å². The van der Waals surface area contributed by atoms with Crippen LogP contribution < -0.4 is 5.32 Å². The minimum atomic E-state index is -0.0251. The molecule has 1 amide bonds.